The summed E-state index contributed by atoms with van der Waals surface area (Å²) in [5.74, 6) is 0.609. The Morgan fingerprint density at radius 3 is 2.68 bits per heavy atom. The molecule has 0 aromatic carbocycles. The van der Waals surface area contributed by atoms with Gasteiger partial charge in [-0.25, -0.2) is 0 Å². The predicted octanol–water partition coefficient (Wildman–Crippen LogP) is 1.87. The number of likely N-dealkylation sites (tertiary alicyclic amines) is 1. The van der Waals surface area contributed by atoms with Crippen molar-refractivity contribution in [1.29, 1.82) is 0 Å². The smallest absolute Gasteiger partial charge is 0.188 e. The highest BCUT2D eigenvalue weighted by Crippen LogP contribution is 2.21. The molecule has 1 aliphatic heterocycles. The average molecular weight is 423 g/mol. The third-order valence-corrected chi connectivity index (χ3v) is 5.10. The van der Waals surface area contributed by atoms with Crippen molar-refractivity contribution in [3.8, 4) is 0 Å². The van der Waals surface area contributed by atoms with Crippen LogP contribution in [0.2, 0.25) is 0 Å². The van der Waals surface area contributed by atoms with Crippen molar-refractivity contribution in [3.05, 3.63) is 0 Å². The van der Waals surface area contributed by atoms with Crippen LogP contribution in [-0.2, 0) is 0 Å². The summed E-state index contributed by atoms with van der Waals surface area (Å²) in [6.45, 7) is 7.35. The number of aliphatic imine (C=N–C) groups is 1. The molecule has 1 saturated heterocycles. The van der Waals surface area contributed by atoms with Gasteiger partial charge in [0.1, 0.15) is 0 Å². The standard InChI is InChI=1S/C16H33N5.HI/c1-3-21-11-6-9-15(21)13-19-16(17)18-10-12-20(2)14-7-4-5-8-14;/h14-15H,3-13H2,1-2H3,(H3,17,18,19);1H. The fraction of sp³-hybridized carbons (Fsp3) is 0.938. The summed E-state index contributed by atoms with van der Waals surface area (Å²) in [6.07, 6.45) is 8.05. The molecule has 2 fully saturated rings. The Hall–Kier alpha value is -0.0800. The van der Waals surface area contributed by atoms with Gasteiger partial charge in [-0.3, -0.25) is 9.89 Å². The van der Waals surface area contributed by atoms with Crippen LogP contribution in [-0.4, -0.2) is 67.6 Å². The molecule has 5 nitrogen and oxygen atoms in total. The molecule has 130 valence electrons. The highest BCUT2D eigenvalue weighted by Gasteiger charge is 2.22. The second-order valence-corrected chi connectivity index (χ2v) is 6.50. The van der Waals surface area contributed by atoms with E-state index in [0.717, 1.165) is 32.2 Å². The fourth-order valence-corrected chi connectivity index (χ4v) is 3.67. The van der Waals surface area contributed by atoms with E-state index in [1.54, 1.807) is 0 Å². The Balaban J connectivity index is 0.00000242. The molecule has 0 bridgehead atoms. The molecule has 0 spiro atoms. The predicted molar refractivity (Wildman–Crippen MR) is 105 cm³/mol. The van der Waals surface area contributed by atoms with Gasteiger partial charge in [-0.2, -0.15) is 0 Å². The van der Waals surface area contributed by atoms with Gasteiger partial charge in [-0.1, -0.05) is 19.8 Å². The van der Waals surface area contributed by atoms with Gasteiger partial charge in [-0.15, -0.1) is 24.0 Å². The minimum atomic E-state index is 0. The molecule has 0 radical (unpaired) electrons. The van der Waals surface area contributed by atoms with E-state index in [9.17, 15) is 0 Å². The van der Waals surface area contributed by atoms with Gasteiger partial charge in [0.25, 0.3) is 0 Å². The minimum absolute atomic E-state index is 0. The Kier molecular flexibility index (Phi) is 9.66. The lowest BCUT2D eigenvalue weighted by molar-refractivity contribution is 0.249. The molecule has 1 atom stereocenters. The van der Waals surface area contributed by atoms with Gasteiger partial charge < -0.3 is 16.0 Å². The number of likely N-dealkylation sites (N-methyl/N-ethyl adjacent to an activating group) is 2. The fourth-order valence-electron chi connectivity index (χ4n) is 3.67. The van der Waals surface area contributed by atoms with Crippen molar-refractivity contribution in [2.45, 2.75) is 57.5 Å². The molecular weight excluding hydrogens is 389 g/mol. The van der Waals surface area contributed by atoms with Crippen LogP contribution >= 0.6 is 24.0 Å². The monoisotopic (exact) mass is 423 g/mol. The van der Waals surface area contributed by atoms with Gasteiger partial charge >= 0.3 is 0 Å². The summed E-state index contributed by atoms with van der Waals surface area (Å²) >= 11 is 0. The number of hydrogen-bond donors (Lipinski definition) is 2. The summed E-state index contributed by atoms with van der Waals surface area (Å²) in [5, 5.41) is 3.26. The lowest BCUT2D eigenvalue weighted by Gasteiger charge is -2.24. The summed E-state index contributed by atoms with van der Waals surface area (Å²) in [7, 11) is 2.22. The van der Waals surface area contributed by atoms with Crippen LogP contribution in [0, 0.1) is 0 Å². The van der Waals surface area contributed by atoms with Crippen LogP contribution < -0.4 is 11.1 Å². The molecule has 3 N–H and O–H groups in total. The average Bonchev–Trinajstić information content (AvgIpc) is 3.15. The molecule has 1 heterocycles. The van der Waals surface area contributed by atoms with Crippen LogP contribution in [0.5, 0.6) is 0 Å². The van der Waals surface area contributed by atoms with Crippen molar-refractivity contribution >= 4 is 29.9 Å². The molecule has 2 rings (SSSR count). The topological polar surface area (TPSA) is 56.9 Å². The summed E-state index contributed by atoms with van der Waals surface area (Å²) in [4.78, 5) is 9.49. The van der Waals surface area contributed by atoms with E-state index in [1.165, 1.54) is 45.1 Å². The summed E-state index contributed by atoms with van der Waals surface area (Å²) in [5.41, 5.74) is 5.98. The van der Waals surface area contributed by atoms with Crippen molar-refractivity contribution < 1.29 is 0 Å². The van der Waals surface area contributed by atoms with Gasteiger partial charge in [-0.05, 0) is 45.8 Å². The van der Waals surface area contributed by atoms with Crippen molar-refractivity contribution in [2.24, 2.45) is 10.7 Å². The van der Waals surface area contributed by atoms with E-state index in [4.69, 9.17) is 5.73 Å². The van der Waals surface area contributed by atoms with E-state index in [2.05, 4.69) is 34.1 Å². The molecule has 1 unspecified atom stereocenters. The molecule has 0 aromatic heterocycles. The Morgan fingerprint density at radius 2 is 2.00 bits per heavy atom. The van der Waals surface area contributed by atoms with Gasteiger partial charge in [0.05, 0.1) is 6.54 Å². The first-order valence-electron chi connectivity index (χ1n) is 8.68. The number of nitrogens with two attached hydrogens (primary N) is 1. The number of halogens is 1. The number of nitrogens with zero attached hydrogens (tertiary/aromatic N) is 3. The summed E-state index contributed by atoms with van der Waals surface area (Å²) in [6, 6.07) is 1.37. The number of guanidine groups is 1. The second kappa shape index (κ2) is 10.6. The van der Waals surface area contributed by atoms with Crippen molar-refractivity contribution in [2.75, 3.05) is 39.8 Å². The molecule has 1 aliphatic carbocycles. The normalized spacial score (nSPS) is 24.0. The van der Waals surface area contributed by atoms with Gasteiger partial charge in [0.2, 0.25) is 0 Å². The maximum atomic E-state index is 5.98. The largest absolute Gasteiger partial charge is 0.370 e. The van der Waals surface area contributed by atoms with E-state index in [1.807, 2.05) is 0 Å². The zero-order chi connectivity index (χ0) is 15.1. The zero-order valence-corrected chi connectivity index (χ0v) is 16.6. The Labute approximate surface area is 153 Å². The van der Waals surface area contributed by atoms with Crippen molar-refractivity contribution in [3.63, 3.8) is 0 Å². The number of hydrogen-bond acceptors (Lipinski definition) is 3. The van der Waals surface area contributed by atoms with Crippen LogP contribution in [0.15, 0.2) is 4.99 Å². The van der Waals surface area contributed by atoms with E-state index in [-0.39, 0.29) is 24.0 Å². The first-order chi connectivity index (χ1) is 10.2. The third-order valence-electron chi connectivity index (χ3n) is 5.10. The first kappa shape index (κ1) is 20.0. The maximum absolute atomic E-state index is 5.98. The molecular formula is C16H34IN5. The van der Waals surface area contributed by atoms with Crippen LogP contribution in [0.3, 0.4) is 0 Å². The summed E-state index contributed by atoms with van der Waals surface area (Å²) < 4.78 is 0. The zero-order valence-electron chi connectivity index (χ0n) is 14.3. The minimum Gasteiger partial charge on any atom is -0.370 e. The van der Waals surface area contributed by atoms with Gasteiger partial charge in [0.15, 0.2) is 5.96 Å². The molecule has 2 aliphatic rings. The third kappa shape index (κ3) is 6.20. The molecule has 0 amide bonds. The first-order valence-corrected chi connectivity index (χ1v) is 8.68. The van der Waals surface area contributed by atoms with Gasteiger partial charge in [0, 0.05) is 25.2 Å². The quantitative estimate of drug-likeness (QED) is 0.373. The molecule has 6 heteroatoms. The lowest BCUT2D eigenvalue weighted by Crippen LogP contribution is -2.41. The van der Waals surface area contributed by atoms with Crippen LogP contribution in [0.4, 0.5) is 0 Å². The van der Waals surface area contributed by atoms with Crippen LogP contribution in [0.25, 0.3) is 0 Å². The van der Waals surface area contributed by atoms with E-state index in [0.29, 0.717) is 12.0 Å². The SMILES string of the molecule is CCN1CCCC1CN=C(N)NCCN(C)C1CCCC1.I. The molecule has 1 saturated carbocycles. The van der Waals surface area contributed by atoms with E-state index >= 15 is 0 Å². The second-order valence-electron chi connectivity index (χ2n) is 6.50. The maximum Gasteiger partial charge on any atom is 0.188 e. The van der Waals surface area contributed by atoms with Crippen LogP contribution in [0.1, 0.15) is 45.4 Å². The number of nitrogens with one attached hydrogen (secondary N) is 1. The highest BCUT2D eigenvalue weighted by atomic mass is 127. The highest BCUT2D eigenvalue weighted by molar-refractivity contribution is 14.0. The molecule has 22 heavy (non-hydrogen) atoms. The lowest BCUT2D eigenvalue weighted by atomic mass is 10.2. The number of rotatable bonds is 7. The molecule has 0 aromatic rings. The van der Waals surface area contributed by atoms with Crippen molar-refractivity contribution in [1.82, 2.24) is 15.1 Å². The Morgan fingerprint density at radius 1 is 1.27 bits per heavy atom. The van der Waals surface area contributed by atoms with E-state index < -0.39 is 0 Å². The Bertz CT molecular complexity index is 330.